The van der Waals surface area contributed by atoms with Crippen molar-refractivity contribution in [2.45, 2.75) is 64.0 Å². The smallest absolute Gasteiger partial charge is 0.325 e. The second kappa shape index (κ2) is 6.90. The van der Waals surface area contributed by atoms with E-state index in [4.69, 9.17) is 4.74 Å². The summed E-state index contributed by atoms with van der Waals surface area (Å²) in [5.74, 6) is 0.789. The van der Waals surface area contributed by atoms with Gasteiger partial charge in [-0.05, 0) is 57.9 Å². The van der Waals surface area contributed by atoms with Crippen molar-refractivity contribution in [1.82, 2.24) is 10.2 Å². The molecule has 0 aliphatic heterocycles. The van der Waals surface area contributed by atoms with Crippen LogP contribution < -0.4 is 5.32 Å². The highest BCUT2D eigenvalue weighted by atomic mass is 16.5. The highest BCUT2D eigenvalue weighted by molar-refractivity contribution is 5.80. The van der Waals surface area contributed by atoms with Crippen LogP contribution in [0.2, 0.25) is 0 Å². The third-order valence-electron chi connectivity index (χ3n) is 4.55. The number of rotatable bonds is 10. The first kappa shape index (κ1) is 15.8. The number of nitrogens with zero attached hydrogens (tertiary/aromatic N) is 1. The van der Waals surface area contributed by atoms with E-state index in [1.165, 1.54) is 39.3 Å². The number of hydrogen-bond acceptors (Lipinski definition) is 4. The zero-order valence-electron chi connectivity index (χ0n) is 13.3. The first-order valence-electron chi connectivity index (χ1n) is 8.16. The predicted molar refractivity (Wildman–Crippen MR) is 80.7 cm³/mol. The summed E-state index contributed by atoms with van der Waals surface area (Å²) in [6.07, 6.45) is 7.33. The Hall–Kier alpha value is -0.610. The molecule has 0 radical (unpaired) electrons. The van der Waals surface area contributed by atoms with E-state index >= 15 is 0 Å². The Bertz CT molecular complexity index is 326. The molecule has 2 fully saturated rings. The van der Waals surface area contributed by atoms with Crippen LogP contribution in [0.5, 0.6) is 0 Å². The van der Waals surface area contributed by atoms with Gasteiger partial charge in [-0.3, -0.25) is 4.79 Å². The number of esters is 1. The molecule has 0 aromatic rings. The maximum atomic E-state index is 12.1. The van der Waals surface area contributed by atoms with Gasteiger partial charge in [-0.2, -0.15) is 0 Å². The fourth-order valence-corrected chi connectivity index (χ4v) is 2.75. The SMILES string of the molecule is CCCNC(C)(CCN(CC1CC1)C1CC1)C(=O)OC. The summed E-state index contributed by atoms with van der Waals surface area (Å²) in [4.78, 5) is 14.7. The summed E-state index contributed by atoms with van der Waals surface area (Å²) in [5.41, 5.74) is -0.540. The molecule has 4 heteroatoms. The lowest BCUT2D eigenvalue weighted by Crippen LogP contribution is -2.52. The Kier molecular flexibility index (Phi) is 5.44. The van der Waals surface area contributed by atoms with Gasteiger partial charge in [0.15, 0.2) is 0 Å². The summed E-state index contributed by atoms with van der Waals surface area (Å²) in [7, 11) is 1.48. The van der Waals surface area contributed by atoms with Crippen molar-refractivity contribution in [3.8, 4) is 0 Å². The van der Waals surface area contributed by atoms with Crippen molar-refractivity contribution in [2.24, 2.45) is 5.92 Å². The molecule has 0 heterocycles. The molecule has 0 spiro atoms. The average molecular weight is 282 g/mol. The van der Waals surface area contributed by atoms with E-state index in [9.17, 15) is 4.79 Å². The van der Waals surface area contributed by atoms with Crippen molar-refractivity contribution >= 4 is 5.97 Å². The molecule has 20 heavy (non-hydrogen) atoms. The molecule has 2 aliphatic carbocycles. The van der Waals surface area contributed by atoms with Crippen LogP contribution in [0, 0.1) is 5.92 Å². The monoisotopic (exact) mass is 282 g/mol. The molecule has 2 aliphatic rings. The molecule has 0 aromatic heterocycles. The van der Waals surface area contributed by atoms with E-state index in [-0.39, 0.29) is 5.97 Å². The Morgan fingerprint density at radius 3 is 2.55 bits per heavy atom. The van der Waals surface area contributed by atoms with Crippen molar-refractivity contribution in [2.75, 3.05) is 26.7 Å². The lowest BCUT2D eigenvalue weighted by Gasteiger charge is -2.31. The molecule has 4 nitrogen and oxygen atoms in total. The second-order valence-electron chi connectivity index (χ2n) is 6.67. The minimum atomic E-state index is -0.540. The average Bonchev–Trinajstić information content (AvgIpc) is 3.32. The van der Waals surface area contributed by atoms with Crippen molar-refractivity contribution in [3.05, 3.63) is 0 Å². The molecular formula is C16H30N2O2. The number of nitrogens with one attached hydrogen (secondary N) is 1. The number of ether oxygens (including phenoxy) is 1. The Morgan fingerprint density at radius 2 is 2.05 bits per heavy atom. The van der Waals surface area contributed by atoms with Gasteiger partial charge in [-0.25, -0.2) is 0 Å². The van der Waals surface area contributed by atoms with Crippen LogP contribution in [0.25, 0.3) is 0 Å². The van der Waals surface area contributed by atoms with Gasteiger partial charge in [0.05, 0.1) is 7.11 Å². The van der Waals surface area contributed by atoms with Crippen LogP contribution in [0.4, 0.5) is 0 Å². The zero-order chi connectivity index (χ0) is 14.6. The van der Waals surface area contributed by atoms with E-state index in [1.807, 2.05) is 6.92 Å². The van der Waals surface area contributed by atoms with Gasteiger partial charge >= 0.3 is 5.97 Å². The molecule has 0 aromatic carbocycles. The standard InChI is InChI=1S/C16H30N2O2/c1-4-10-17-16(2,15(19)20-3)9-11-18(14-7-8-14)12-13-5-6-13/h13-14,17H,4-12H2,1-3H3. The molecule has 1 N–H and O–H groups in total. The number of carbonyl (C=O) groups is 1. The molecule has 0 bridgehead atoms. The molecule has 0 saturated heterocycles. The van der Waals surface area contributed by atoms with Gasteiger partial charge in [0, 0.05) is 19.1 Å². The van der Waals surface area contributed by atoms with Crippen LogP contribution in [0.1, 0.15) is 52.4 Å². The van der Waals surface area contributed by atoms with Crippen LogP contribution in [0.3, 0.4) is 0 Å². The molecule has 1 unspecified atom stereocenters. The normalized spacial score (nSPS) is 21.8. The second-order valence-corrected chi connectivity index (χ2v) is 6.67. The molecule has 1 atom stereocenters. The van der Waals surface area contributed by atoms with Gasteiger partial charge in [0.2, 0.25) is 0 Å². The fraction of sp³-hybridized carbons (Fsp3) is 0.938. The van der Waals surface area contributed by atoms with Crippen LogP contribution in [0.15, 0.2) is 0 Å². The quantitative estimate of drug-likeness (QED) is 0.624. The minimum Gasteiger partial charge on any atom is -0.468 e. The van der Waals surface area contributed by atoms with Gasteiger partial charge in [0.1, 0.15) is 5.54 Å². The van der Waals surface area contributed by atoms with Crippen molar-refractivity contribution in [1.29, 1.82) is 0 Å². The van der Waals surface area contributed by atoms with Gasteiger partial charge in [-0.15, -0.1) is 0 Å². The largest absolute Gasteiger partial charge is 0.468 e. The Morgan fingerprint density at radius 1 is 1.35 bits per heavy atom. The lowest BCUT2D eigenvalue weighted by molar-refractivity contribution is -0.148. The van der Waals surface area contributed by atoms with E-state index in [0.717, 1.165) is 37.9 Å². The molecular weight excluding hydrogens is 252 g/mol. The maximum Gasteiger partial charge on any atom is 0.325 e. The highest BCUT2D eigenvalue weighted by Gasteiger charge is 2.38. The topological polar surface area (TPSA) is 41.6 Å². The first-order chi connectivity index (χ1) is 9.59. The summed E-state index contributed by atoms with van der Waals surface area (Å²) in [6.45, 7) is 7.20. The van der Waals surface area contributed by atoms with Crippen LogP contribution >= 0.6 is 0 Å². The summed E-state index contributed by atoms with van der Waals surface area (Å²) < 4.78 is 4.99. The van der Waals surface area contributed by atoms with Gasteiger partial charge < -0.3 is 15.0 Å². The molecule has 116 valence electrons. The number of carbonyl (C=O) groups excluding carboxylic acids is 1. The van der Waals surface area contributed by atoms with Crippen LogP contribution in [-0.4, -0.2) is 49.2 Å². The predicted octanol–water partition coefficient (Wildman–Crippen LogP) is 2.18. The fourth-order valence-electron chi connectivity index (χ4n) is 2.75. The van der Waals surface area contributed by atoms with E-state index < -0.39 is 5.54 Å². The number of hydrogen-bond donors (Lipinski definition) is 1. The molecule has 2 rings (SSSR count). The Balaban J connectivity index is 1.86. The first-order valence-corrected chi connectivity index (χ1v) is 8.16. The highest BCUT2D eigenvalue weighted by Crippen LogP contribution is 2.35. The van der Waals surface area contributed by atoms with Crippen molar-refractivity contribution in [3.63, 3.8) is 0 Å². The molecule has 2 saturated carbocycles. The minimum absolute atomic E-state index is 0.131. The summed E-state index contributed by atoms with van der Waals surface area (Å²) >= 11 is 0. The van der Waals surface area contributed by atoms with Crippen molar-refractivity contribution < 1.29 is 9.53 Å². The van der Waals surface area contributed by atoms with Gasteiger partial charge in [0.25, 0.3) is 0 Å². The summed E-state index contributed by atoms with van der Waals surface area (Å²) in [6, 6.07) is 0.781. The third kappa shape index (κ3) is 4.45. The van der Waals surface area contributed by atoms with E-state index in [2.05, 4.69) is 17.1 Å². The Labute approximate surface area is 123 Å². The maximum absolute atomic E-state index is 12.1. The number of methoxy groups -OCH3 is 1. The van der Waals surface area contributed by atoms with Gasteiger partial charge in [-0.1, -0.05) is 6.92 Å². The third-order valence-corrected chi connectivity index (χ3v) is 4.55. The molecule has 0 amide bonds. The summed E-state index contributed by atoms with van der Waals surface area (Å²) in [5, 5.41) is 3.38. The van der Waals surface area contributed by atoms with Crippen LogP contribution in [-0.2, 0) is 9.53 Å². The van der Waals surface area contributed by atoms with E-state index in [1.54, 1.807) is 0 Å². The zero-order valence-corrected chi connectivity index (χ0v) is 13.3. The van der Waals surface area contributed by atoms with E-state index in [0.29, 0.717) is 0 Å². The lowest BCUT2D eigenvalue weighted by atomic mass is 9.97.